The van der Waals surface area contributed by atoms with Crippen molar-refractivity contribution in [3.05, 3.63) is 48.2 Å². The summed E-state index contributed by atoms with van der Waals surface area (Å²) in [5, 5.41) is 8.35. The van der Waals surface area contributed by atoms with E-state index in [1.807, 2.05) is 26.1 Å². The van der Waals surface area contributed by atoms with Crippen molar-refractivity contribution in [2.45, 2.75) is 58.4 Å². The molecule has 11 heteroatoms. The fourth-order valence-electron chi connectivity index (χ4n) is 4.39. The topological polar surface area (TPSA) is 111 Å². The Balaban J connectivity index is 1.40. The number of amides is 1. The predicted molar refractivity (Wildman–Crippen MR) is 150 cm³/mol. The summed E-state index contributed by atoms with van der Waals surface area (Å²) in [6.45, 7) is 14.7. The highest BCUT2D eigenvalue weighted by Gasteiger charge is 2.41. The van der Waals surface area contributed by atoms with E-state index in [2.05, 4.69) is 59.1 Å². The van der Waals surface area contributed by atoms with Gasteiger partial charge in [0, 0.05) is 43.0 Å². The maximum Gasteiger partial charge on any atom is 0.277 e. The van der Waals surface area contributed by atoms with E-state index in [9.17, 15) is 4.79 Å². The van der Waals surface area contributed by atoms with Crippen LogP contribution in [-0.4, -0.2) is 58.2 Å². The molecule has 10 nitrogen and oxygen atoms in total. The third-order valence-electron chi connectivity index (χ3n) is 7.53. The monoisotopic (exact) mass is 533 g/mol. The molecule has 0 aromatic carbocycles. The lowest BCUT2D eigenvalue weighted by molar-refractivity contribution is 0.102. The van der Waals surface area contributed by atoms with Crippen LogP contribution in [0.5, 0.6) is 0 Å². The summed E-state index contributed by atoms with van der Waals surface area (Å²) >= 11 is 0. The van der Waals surface area contributed by atoms with Gasteiger partial charge in [-0.2, -0.15) is 5.10 Å². The van der Waals surface area contributed by atoms with Crippen molar-refractivity contribution >= 4 is 36.8 Å². The third kappa shape index (κ3) is 5.08. The standard InChI is InChI=1S/C27H35N7O3Si/c1-17-12-18(8-10-28-17)26-31-22(16-36-26)25(35)30-21-13-19-14-29-33(5)23(19)32-24(21)34-11-9-20(15-34)37-38(6,7)27(2,3)4/h8,10,12-14,16,20H,9,11,15H2,1-7H3,(H,30,35). The smallest absolute Gasteiger partial charge is 0.277 e. The van der Waals surface area contributed by atoms with Crippen LogP contribution >= 0.6 is 0 Å². The number of fused-ring (bicyclic) bond motifs is 1. The molecule has 4 aromatic rings. The maximum absolute atomic E-state index is 13.3. The molecular formula is C27H35N7O3Si. The highest BCUT2D eigenvalue weighted by Crippen LogP contribution is 2.39. The van der Waals surface area contributed by atoms with Gasteiger partial charge in [0.05, 0.1) is 18.0 Å². The van der Waals surface area contributed by atoms with Crippen molar-refractivity contribution < 1.29 is 13.6 Å². The van der Waals surface area contributed by atoms with Crippen LogP contribution in [-0.2, 0) is 11.5 Å². The molecule has 5 rings (SSSR count). The van der Waals surface area contributed by atoms with E-state index in [1.165, 1.54) is 6.26 Å². The number of rotatable bonds is 6. The molecule has 1 aliphatic heterocycles. The number of nitrogens with zero attached hydrogens (tertiary/aromatic N) is 6. The highest BCUT2D eigenvalue weighted by atomic mass is 28.4. The molecule has 1 aliphatic rings. The average molecular weight is 534 g/mol. The van der Waals surface area contributed by atoms with E-state index in [0.717, 1.165) is 35.3 Å². The largest absolute Gasteiger partial charge is 0.444 e. The van der Waals surface area contributed by atoms with Gasteiger partial charge in [0.1, 0.15) is 6.26 Å². The van der Waals surface area contributed by atoms with Gasteiger partial charge >= 0.3 is 0 Å². The molecule has 1 atom stereocenters. The van der Waals surface area contributed by atoms with E-state index in [1.54, 1.807) is 23.1 Å². The third-order valence-corrected chi connectivity index (χ3v) is 12.1. The van der Waals surface area contributed by atoms with Crippen LogP contribution in [0.4, 0.5) is 11.5 Å². The SMILES string of the molecule is Cc1cc(-c2nc(C(=O)Nc3cc4cnn(C)c4nc3N3CCC(O[Si](C)(C)C(C)(C)C)C3)co2)ccn1. The van der Waals surface area contributed by atoms with Crippen LogP contribution in [0.3, 0.4) is 0 Å². The Morgan fingerprint density at radius 1 is 1.24 bits per heavy atom. The number of nitrogens with one attached hydrogen (secondary N) is 1. The number of anilines is 2. The highest BCUT2D eigenvalue weighted by molar-refractivity contribution is 6.74. The molecule has 0 aliphatic carbocycles. The fourth-order valence-corrected chi connectivity index (χ4v) is 5.77. The van der Waals surface area contributed by atoms with E-state index < -0.39 is 8.32 Å². The number of carbonyl (C=O) groups excluding carboxylic acids is 1. The minimum Gasteiger partial charge on any atom is -0.444 e. The van der Waals surface area contributed by atoms with E-state index >= 15 is 0 Å². The molecule has 1 unspecified atom stereocenters. The van der Waals surface area contributed by atoms with Crippen LogP contribution in [0.2, 0.25) is 18.1 Å². The summed E-state index contributed by atoms with van der Waals surface area (Å²) in [4.78, 5) is 29.0. The molecule has 200 valence electrons. The fraction of sp³-hybridized carbons (Fsp3) is 0.444. The van der Waals surface area contributed by atoms with Crippen LogP contribution in [0.25, 0.3) is 22.5 Å². The normalized spacial score (nSPS) is 16.4. The second-order valence-electron chi connectivity index (χ2n) is 11.5. The molecule has 4 aromatic heterocycles. The molecule has 0 saturated carbocycles. The van der Waals surface area contributed by atoms with Gasteiger partial charge < -0.3 is 19.1 Å². The summed E-state index contributed by atoms with van der Waals surface area (Å²) < 4.78 is 14.0. The Morgan fingerprint density at radius 2 is 2.03 bits per heavy atom. The predicted octanol–water partition coefficient (Wildman–Crippen LogP) is 5.18. The van der Waals surface area contributed by atoms with Crippen LogP contribution < -0.4 is 10.2 Å². The van der Waals surface area contributed by atoms with Gasteiger partial charge in [0.25, 0.3) is 5.91 Å². The molecule has 1 fully saturated rings. The molecule has 5 heterocycles. The van der Waals surface area contributed by atoms with Crippen LogP contribution in [0, 0.1) is 6.92 Å². The Hall–Kier alpha value is -3.57. The molecule has 0 radical (unpaired) electrons. The van der Waals surface area contributed by atoms with Gasteiger partial charge in [-0.15, -0.1) is 0 Å². The maximum atomic E-state index is 13.3. The number of aromatic nitrogens is 5. The van der Waals surface area contributed by atoms with Crippen molar-refractivity contribution in [3.63, 3.8) is 0 Å². The van der Waals surface area contributed by atoms with Crippen molar-refractivity contribution in [1.29, 1.82) is 0 Å². The first-order chi connectivity index (χ1) is 17.9. The molecule has 0 spiro atoms. The number of oxazole rings is 1. The first-order valence-electron chi connectivity index (χ1n) is 12.9. The minimum absolute atomic E-state index is 0.116. The molecule has 1 amide bonds. The lowest BCUT2D eigenvalue weighted by atomic mass is 10.2. The van der Waals surface area contributed by atoms with Gasteiger partial charge in [0.15, 0.2) is 25.5 Å². The Labute approximate surface area is 223 Å². The first-order valence-corrected chi connectivity index (χ1v) is 15.8. The van der Waals surface area contributed by atoms with Crippen LogP contribution in [0.15, 0.2) is 41.3 Å². The van der Waals surface area contributed by atoms with E-state index in [-0.39, 0.29) is 22.7 Å². The molecule has 38 heavy (non-hydrogen) atoms. The summed E-state index contributed by atoms with van der Waals surface area (Å²) in [6, 6.07) is 5.58. The summed E-state index contributed by atoms with van der Waals surface area (Å²) in [5.41, 5.74) is 3.15. The average Bonchev–Trinajstić information content (AvgIpc) is 3.58. The lowest BCUT2D eigenvalue weighted by Gasteiger charge is -2.38. The number of hydrogen-bond donors (Lipinski definition) is 1. The van der Waals surface area contributed by atoms with Crippen molar-refractivity contribution in [3.8, 4) is 11.5 Å². The quantitative estimate of drug-likeness (QED) is 0.338. The summed E-state index contributed by atoms with van der Waals surface area (Å²) in [6.07, 6.45) is 5.83. The molecule has 0 bridgehead atoms. The zero-order chi connectivity index (χ0) is 27.2. The van der Waals surface area contributed by atoms with E-state index in [0.29, 0.717) is 23.9 Å². The Kier molecular flexibility index (Phi) is 6.60. The van der Waals surface area contributed by atoms with Crippen molar-refractivity contribution in [2.75, 3.05) is 23.3 Å². The number of aryl methyl sites for hydroxylation is 2. The number of carbonyl (C=O) groups is 1. The van der Waals surface area contributed by atoms with Gasteiger partial charge in [-0.3, -0.25) is 14.5 Å². The van der Waals surface area contributed by atoms with Crippen LogP contribution in [0.1, 0.15) is 43.4 Å². The Bertz CT molecular complexity index is 1490. The van der Waals surface area contributed by atoms with Gasteiger partial charge in [-0.25, -0.2) is 9.97 Å². The molecular weight excluding hydrogens is 498 g/mol. The van der Waals surface area contributed by atoms with Gasteiger partial charge in [-0.05, 0) is 49.7 Å². The summed E-state index contributed by atoms with van der Waals surface area (Å²) in [7, 11) is -0.0455. The number of hydrogen-bond acceptors (Lipinski definition) is 8. The first kappa shape index (κ1) is 26.1. The zero-order valence-corrected chi connectivity index (χ0v) is 24.1. The molecule has 1 N–H and O–H groups in total. The second kappa shape index (κ2) is 9.63. The minimum atomic E-state index is -1.91. The van der Waals surface area contributed by atoms with Gasteiger partial charge in [-0.1, -0.05) is 20.8 Å². The Morgan fingerprint density at radius 3 is 2.76 bits per heavy atom. The zero-order valence-electron chi connectivity index (χ0n) is 23.1. The van der Waals surface area contributed by atoms with Crippen molar-refractivity contribution in [2.24, 2.45) is 7.05 Å². The van der Waals surface area contributed by atoms with Gasteiger partial charge in [0.2, 0.25) is 5.89 Å². The van der Waals surface area contributed by atoms with E-state index in [4.69, 9.17) is 13.8 Å². The molecule has 1 saturated heterocycles. The number of pyridine rings is 2. The second-order valence-corrected chi connectivity index (χ2v) is 16.2. The summed E-state index contributed by atoms with van der Waals surface area (Å²) in [5.74, 6) is 0.696. The van der Waals surface area contributed by atoms with Crippen molar-refractivity contribution in [1.82, 2.24) is 24.7 Å². The lowest BCUT2D eigenvalue weighted by Crippen LogP contribution is -2.44.